The number of nitrogens with one attached hydrogen (secondary N) is 1. The van der Waals surface area contributed by atoms with Gasteiger partial charge in [0.05, 0.1) is 6.04 Å². The quantitative estimate of drug-likeness (QED) is 0.832. The number of nitrogens with zero attached hydrogens (tertiary/aromatic N) is 1. The van der Waals surface area contributed by atoms with E-state index in [0.717, 1.165) is 40.7 Å². The van der Waals surface area contributed by atoms with Gasteiger partial charge in [-0.1, -0.05) is 6.07 Å². The molecule has 2 nitrogen and oxygen atoms in total. The summed E-state index contributed by atoms with van der Waals surface area (Å²) in [6.45, 7) is 3.35. The minimum absolute atomic E-state index is 0. The van der Waals surface area contributed by atoms with Gasteiger partial charge in [-0.15, -0.1) is 12.4 Å². The minimum Gasteiger partial charge on any atom is -0.314 e. The number of alkyl halides is 1. The Morgan fingerprint density at radius 1 is 1.22 bits per heavy atom. The largest absolute Gasteiger partial charge is 0.314 e. The van der Waals surface area contributed by atoms with Gasteiger partial charge in [-0.3, -0.25) is 4.90 Å². The molecule has 1 aliphatic heterocycles. The molecule has 0 amide bonds. The van der Waals surface area contributed by atoms with E-state index in [1.807, 2.05) is 18.2 Å². The average molecular weight is 403 g/mol. The van der Waals surface area contributed by atoms with Crippen LogP contribution in [0, 0.1) is 0 Å². The Labute approximate surface area is 130 Å². The smallest absolute Gasteiger partial charge is 0.109 e. The van der Waals surface area contributed by atoms with E-state index in [1.54, 1.807) is 0 Å². The van der Waals surface area contributed by atoms with Crippen LogP contribution >= 0.6 is 44.3 Å². The van der Waals surface area contributed by atoms with Gasteiger partial charge < -0.3 is 5.32 Å². The Morgan fingerprint density at radius 2 is 1.89 bits per heavy atom. The van der Waals surface area contributed by atoms with Crippen molar-refractivity contribution in [2.45, 2.75) is 6.04 Å². The van der Waals surface area contributed by atoms with Crippen molar-refractivity contribution in [1.29, 1.82) is 0 Å². The number of halogens is 4. The fourth-order valence-corrected chi connectivity index (χ4v) is 2.75. The van der Waals surface area contributed by atoms with Gasteiger partial charge in [-0.05, 0) is 49.6 Å². The first-order chi connectivity index (χ1) is 8.22. The lowest BCUT2D eigenvalue weighted by Gasteiger charge is -2.33. The van der Waals surface area contributed by atoms with E-state index in [2.05, 4.69) is 42.1 Å². The molecule has 1 atom stereocenters. The maximum absolute atomic E-state index is 13.3. The van der Waals surface area contributed by atoms with Gasteiger partial charge in [0.25, 0.3) is 0 Å². The van der Waals surface area contributed by atoms with Gasteiger partial charge in [-0.25, -0.2) is 4.39 Å². The highest BCUT2D eigenvalue weighted by atomic mass is 79.9. The maximum atomic E-state index is 13.3. The Kier molecular flexibility index (Phi) is 7.10. The second-order valence-electron chi connectivity index (χ2n) is 4.13. The summed E-state index contributed by atoms with van der Waals surface area (Å²) >= 11 is 6.90. The molecular weight excluding hydrogens is 386 g/mol. The molecule has 0 aliphatic carbocycles. The molecule has 18 heavy (non-hydrogen) atoms. The van der Waals surface area contributed by atoms with Crippen LogP contribution in [0.15, 0.2) is 27.1 Å². The number of benzene rings is 1. The predicted octanol–water partition coefficient (Wildman–Crippen LogP) is 3.55. The average Bonchev–Trinajstić information content (AvgIpc) is 2.36. The van der Waals surface area contributed by atoms with Gasteiger partial charge in [0.2, 0.25) is 0 Å². The second-order valence-corrected chi connectivity index (χ2v) is 5.84. The van der Waals surface area contributed by atoms with Crippen LogP contribution < -0.4 is 5.32 Å². The van der Waals surface area contributed by atoms with Crippen molar-refractivity contribution in [3.63, 3.8) is 0 Å². The molecule has 1 N–H and O–H groups in total. The lowest BCUT2D eigenvalue weighted by atomic mass is 10.1. The Hall–Kier alpha value is 0.320. The molecule has 1 aromatic rings. The molecule has 6 heteroatoms. The van der Waals surface area contributed by atoms with Crippen molar-refractivity contribution in [3.05, 3.63) is 32.7 Å². The van der Waals surface area contributed by atoms with Crippen LogP contribution in [0.2, 0.25) is 0 Å². The van der Waals surface area contributed by atoms with Crippen molar-refractivity contribution >= 4 is 44.3 Å². The standard InChI is InChI=1S/C12H15Br2FN2.ClH/c13-10-2-1-9(7-11(10)14)12(8-15)17-5-3-16-4-6-17;/h1-2,7,12,16H,3-6,8H2;1H/t12-;/m1./s1. The van der Waals surface area contributed by atoms with E-state index in [9.17, 15) is 4.39 Å². The van der Waals surface area contributed by atoms with Crippen molar-refractivity contribution in [2.75, 3.05) is 32.9 Å². The normalized spacial score (nSPS) is 18.2. The van der Waals surface area contributed by atoms with Crippen molar-refractivity contribution in [2.24, 2.45) is 0 Å². The molecule has 0 saturated carbocycles. The van der Waals surface area contributed by atoms with Gasteiger partial charge in [0.1, 0.15) is 6.67 Å². The third-order valence-electron chi connectivity index (χ3n) is 3.07. The van der Waals surface area contributed by atoms with Crippen LogP contribution in [0.3, 0.4) is 0 Å². The third-order valence-corrected chi connectivity index (χ3v) is 4.95. The van der Waals surface area contributed by atoms with E-state index in [4.69, 9.17) is 0 Å². The lowest BCUT2D eigenvalue weighted by molar-refractivity contribution is 0.147. The summed E-state index contributed by atoms with van der Waals surface area (Å²) in [4.78, 5) is 2.20. The molecular formula is C12H16Br2ClFN2. The topological polar surface area (TPSA) is 15.3 Å². The number of hydrogen-bond donors (Lipinski definition) is 1. The second kappa shape index (κ2) is 7.80. The van der Waals surface area contributed by atoms with Crippen LogP contribution in [0.25, 0.3) is 0 Å². The molecule has 1 fully saturated rings. The maximum Gasteiger partial charge on any atom is 0.109 e. The summed E-state index contributed by atoms with van der Waals surface area (Å²) in [5, 5.41) is 3.28. The molecule has 1 aliphatic rings. The van der Waals surface area contributed by atoms with Crippen molar-refractivity contribution in [3.8, 4) is 0 Å². The predicted molar refractivity (Wildman–Crippen MR) is 82.2 cm³/mol. The highest BCUT2D eigenvalue weighted by molar-refractivity contribution is 9.13. The van der Waals surface area contributed by atoms with E-state index >= 15 is 0 Å². The Morgan fingerprint density at radius 3 is 2.44 bits per heavy atom. The summed E-state index contributed by atoms with van der Waals surface area (Å²) in [6, 6.07) is 5.82. The highest BCUT2D eigenvalue weighted by Gasteiger charge is 2.22. The fraction of sp³-hybridized carbons (Fsp3) is 0.500. The van der Waals surface area contributed by atoms with Gasteiger partial charge in [0, 0.05) is 35.1 Å². The first-order valence-electron chi connectivity index (χ1n) is 5.68. The van der Waals surface area contributed by atoms with Gasteiger partial charge in [0.15, 0.2) is 0 Å². The first kappa shape index (κ1) is 16.4. The molecule has 0 unspecified atom stereocenters. The summed E-state index contributed by atoms with van der Waals surface area (Å²) in [6.07, 6.45) is 0. The van der Waals surface area contributed by atoms with Crippen LogP contribution in [-0.2, 0) is 0 Å². The Bertz CT molecular complexity index is 386. The summed E-state index contributed by atoms with van der Waals surface area (Å²) in [5.74, 6) is 0. The van der Waals surface area contributed by atoms with E-state index in [0.29, 0.717) is 0 Å². The fourth-order valence-electron chi connectivity index (χ4n) is 2.11. The monoisotopic (exact) mass is 400 g/mol. The van der Waals surface area contributed by atoms with Crippen LogP contribution in [0.1, 0.15) is 11.6 Å². The Balaban J connectivity index is 0.00000162. The SMILES string of the molecule is Cl.FC[C@H](c1ccc(Br)c(Br)c1)N1CCNCC1. The third kappa shape index (κ3) is 3.90. The summed E-state index contributed by atoms with van der Waals surface area (Å²) in [7, 11) is 0. The molecule has 102 valence electrons. The molecule has 1 saturated heterocycles. The van der Waals surface area contributed by atoms with Crippen LogP contribution in [0.5, 0.6) is 0 Å². The molecule has 1 heterocycles. The molecule has 0 bridgehead atoms. The van der Waals surface area contributed by atoms with Crippen LogP contribution in [-0.4, -0.2) is 37.8 Å². The van der Waals surface area contributed by atoms with Crippen molar-refractivity contribution in [1.82, 2.24) is 10.2 Å². The summed E-state index contributed by atoms with van der Waals surface area (Å²) in [5.41, 5.74) is 1.03. The zero-order valence-electron chi connectivity index (χ0n) is 9.83. The molecule has 1 aromatic carbocycles. The van der Waals surface area contributed by atoms with E-state index < -0.39 is 0 Å². The summed E-state index contributed by atoms with van der Waals surface area (Å²) < 4.78 is 15.2. The molecule has 0 radical (unpaired) electrons. The van der Waals surface area contributed by atoms with E-state index in [1.165, 1.54) is 0 Å². The zero-order chi connectivity index (χ0) is 12.3. The molecule has 0 aromatic heterocycles. The minimum atomic E-state index is -0.339. The highest BCUT2D eigenvalue weighted by Crippen LogP contribution is 2.29. The van der Waals surface area contributed by atoms with Crippen molar-refractivity contribution < 1.29 is 4.39 Å². The zero-order valence-corrected chi connectivity index (χ0v) is 13.8. The molecule has 0 spiro atoms. The van der Waals surface area contributed by atoms with Gasteiger partial charge >= 0.3 is 0 Å². The molecule has 2 rings (SSSR count). The van der Waals surface area contributed by atoms with Crippen LogP contribution in [0.4, 0.5) is 4.39 Å². The number of hydrogen-bond acceptors (Lipinski definition) is 2. The van der Waals surface area contributed by atoms with E-state index in [-0.39, 0.29) is 25.1 Å². The number of rotatable bonds is 3. The lowest BCUT2D eigenvalue weighted by Crippen LogP contribution is -2.45. The number of piperazine rings is 1. The van der Waals surface area contributed by atoms with Gasteiger partial charge in [-0.2, -0.15) is 0 Å². The first-order valence-corrected chi connectivity index (χ1v) is 7.26.